The molecule has 98 valence electrons. The zero-order chi connectivity index (χ0) is 13.7. The average molecular weight is 243 g/mol. The molecule has 0 aromatic carbocycles. The normalized spacial score (nSPS) is 10.5. The minimum atomic E-state index is -0.693. The molecule has 5 nitrogen and oxygen atoms in total. The topological polar surface area (TPSA) is 87.4 Å². The predicted octanol–water partition coefficient (Wildman–Crippen LogP) is 2.36. The van der Waals surface area contributed by atoms with Gasteiger partial charge in [0.2, 0.25) is 0 Å². The molecule has 0 aliphatic heterocycles. The standard InChI is InChI=1S/C7H11NO2.C5H10O2/c1-6(5-8)3-4-7(9)10-2;1-2-3-4-5(6)7/h6H,3-4H2,1-2H3;2-4H2,1H3,(H,6,7). The molecule has 0 amide bonds. The lowest BCUT2D eigenvalue weighted by atomic mass is 10.1. The summed E-state index contributed by atoms with van der Waals surface area (Å²) in [6.45, 7) is 3.76. The Kier molecular flexibility index (Phi) is 13.1. The van der Waals surface area contributed by atoms with Crippen LogP contribution < -0.4 is 0 Å². The number of ether oxygens (including phenoxy) is 1. The molecule has 0 aromatic rings. The van der Waals surface area contributed by atoms with Crippen molar-refractivity contribution in [3.05, 3.63) is 0 Å². The van der Waals surface area contributed by atoms with Gasteiger partial charge in [0, 0.05) is 18.8 Å². The van der Waals surface area contributed by atoms with Gasteiger partial charge in [-0.05, 0) is 19.8 Å². The highest BCUT2D eigenvalue weighted by molar-refractivity contribution is 5.69. The van der Waals surface area contributed by atoms with Gasteiger partial charge in [0.05, 0.1) is 13.2 Å². The number of rotatable bonds is 6. The number of esters is 1. The summed E-state index contributed by atoms with van der Waals surface area (Å²) >= 11 is 0. The summed E-state index contributed by atoms with van der Waals surface area (Å²) in [6, 6.07) is 2.04. The van der Waals surface area contributed by atoms with Crippen LogP contribution >= 0.6 is 0 Å². The molecule has 1 unspecified atom stereocenters. The van der Waals surface area contributed by atoms with Crippen molar-refractivity contribution in [2.75, 3.05) is 7.11 Å². The second-order valence-electron chi connectivity index (χ2n) is 3.64. The van der Waals surface area contributed by atoms with E-state index in [-0.39, 0.29) is 11.9 Å². The highest BCUT2D eigenvalue weighted by atomic mass is 16.5. The van der Waals surface area contributed by atoms with E-state index in [1.165, 1.54) is 7.11 Å². The molecule has 1 atom stereocenters. The van der Waals surface area contributed by atoms with E-state index >= 15 is 0 Å². The largest absolute Gasteiger partial charge is 0.481 e. The molecule has 17 heavy (non-hydrogen) atoms. The molecule has 0 aliphatic carbocycles. The maximum Gasteiger partial charge on any atom is 0.305 e. The fourth-order valence-electron chi connectivity index (χ4n) is 0.829. The quantitative estimate of drug-likeness (QED) is 0.723. The molecule has 0 fully saturated rings. The summed E-state index contributed by atoms with van der Waals surface area (Å²) in [7, 11) is 1.35. The zero-order valence-corrected chi connectivity index (χ0v) is 10.7. The molecule has 0 aromatic heterocycles. The van der Waals surface area contributed by atoms with Gasteiger partial charge in [-0.25, -0.2) is 0 Å². The number of nitrogens with zero attached hydrogens (tertiary/aromatic N) is 1. The van der Waals surface area contributed by atoms with Crippen LogP contribution in [0.15, 0.2) is 0 Å². The monoisotopic (exact) mass is 243 g/mol. The van der Waals surface area contributed by atoms with E-state index in [2.05, 4.69) is 4.74 Å². The molecule has 0 saturated heterocycles. The first-order valence-corrected chi connectivity index (χ1v) is 5.66. The van der Waals surface area contributed by atoms with Crippen molar-refractivity contribution in [3.8, 4) is 6.07 Å². The lowest BCUT2D eigenvalue weighted by Crippen LogP contribution is -2.02. The Bertz CT molecular complexity index is 258. The maximum absolute atomic E-state index is 10.5. The molecule has 0 aliphatic rings. The minimum Gasteiger partial charge on any atom is -0.481 e. The van der Waals surface area contributed by atoms with Crippen LogP contribution in [0.25, 0.3) is 0 Å². The lowest BCUT2D eigenvalue weighted by Gasteiger charge is -1.99. The van der Waals surface area contributed by atoms with E-state index in [1.807, 2.05) is 13.0 Å². The van der Waals surface area contributed by atoms with E-state index in [0.717, 1.165) is 12.8 Å². The van der Waals surface area contributed by atoms with Crippen LogP contribution in [0.2, 0.25) is 0 Å². The van der Waals surface area contributed by atoms with Gasteiger partial charge in [0.15, 0.2) is 0 Å². The van der Waals surface area contributed by atoms with Crippen LogP contribution in [-0.2, 0) is 14.3 Å². The highest BCUT2D eigenvalue weighted by Crippen LogP contribution is 2.03. The van der Waals surface area contributed by atoms with E-state index in [9.17, 15) is 9.59 Å². The van der Waals surface area contributed by atoms with Crippen molar-refractivity contribution in [3.63, 3.8) is 0 Å². The molecule has 0 saturated carbocycles. The van der Waals surface area contributed by atoms with Crippen LogP contribution in [0.3, 0.4) is 0 Å². The Balaban J connectivity index is 0. The molecule has 0 rings (SSSR count). The van der Waals surface area contributed by atoms with Gasteiger partial charge in [-0.2, -0.15) is 5.26 Å². The molecule has 1 N–H and O–H groups in total. The Morgan fingerprint density at radius 1 is 1.41 bits per heavy atom. The van der Waals surface area contributed by atoms with Crippen molar-refractivity contribution < 1.29 is 19.4 Å². The predicted molar refractivity (Wildman–Crippen MR) is 63.2 cm³/mol. The smallest absolute Gasteiger partial charge is 0.305 e. The van der Waals surface area contributed by atoms with Crippen molar-refractivity contribution in [1.29, 1.82) is 5.26 Å². The first-order chi connectivity index (χ1) is 7.97. The number of nitriles is 1. The van der Waals surface area contributed by atoms with Crippen LogP contribution in [-0.4, -0.2) is 24.2 Å². The number of carbonyl (C=O) groups is 2. The molecular formula is C12H21NO4. The molecule has 0 radical (unpaired) electrons. The average Bonchev–Trinajstić information content (AvgIpc) is 2.33. The van der Waals surface area contributed by atoms with Gasteiger partial charge in [-0.1, -0.05) is 13.3 Å². The number of carbonyl (C=O) groups excluding carboxylic acids is 1. The number of carboxylic acids is 1. The number of aliphatic carboxylic acids is 1. The Morgan fingerprint density at radius 2 is 2.00 bits per heavy atom. The number of unbranched alkanes of at least 4 members (excludes halogenated alkanes) is 1. The Labute approximate surface area is 102 Å². The van der Waals surface area contributed by atoms with Crippen LogP contribution in [0.5, 0.6) is 0 Å². The third kappa shape index (κ3) is 17.1. The van der Waals surface area contributed by atoms with Crippen LogP contribution in [0.1, 0.15) is 46.0 Å². The van der Waals surface area contributed by atoms with Crippen LogP contribution in [0.4, 0.5) is 0 Å². The number of carboxylic acid groups (broad SMARTS) is 1. The van der Waals surface area contributed by atoms with Gasteiger partial charge < -0.3 is 9.84 Å². The third-order valence-electron chi connectivity index (χ3n) is 1.97. The van der Waals surface area contributed by atoms with E-state index in [1.54, 1.807) is 6.92 Å². The molecular weight excluding hydrogens is 222 g/mol. The Hall–Kier alpha value is -1.57. The summed E-state index contributed by atoms with van der Waals surface area (Å²) in [5.41, 5.74) is 0. The third-order valence-corrected chi connectivity index (χ3v) is 1.97. The van der Waals surface area contributed by atoms with Gasteiger partial charge in [0.1, 0.15) is 0 Å². The summed E-state index contributed by atoms with van der Waals surface area (Å²) in [6.07, 6.45) is 3.01. The number of methoxy groups -OCH3 is 1. The van der Waals surface area contributed by atoms with Gasteiger partial charge in [0.25, 0.3) is 0 Å². The van der Waals surface area contributed by atoms with E-state index < -0.39 is 5.97 Å². The summed E-state index contributed by atoms with van der Waals surface area (Å²) in [4.78, 5) is 20.3. The van der Waals surface area contributed by atoms with E-state index in [0.29, 0.717) is 19.3 Å². The second kappa shape index (κ2) is 12.5. The van der Waals surface area contributed by atoms with Crippen molar-refractivity contribution in [1.82, 2.24) is 0 Å². The number of hydrogen-bond donors (Lipinski definition) is 1. The fourth-order valence-corrected chi connectivity index (χ4v) is 0.829. The van der Waals surface area contributed by atoms with Crippen molar-refractivity contribution in [2.45, 2.75) is 46.0 Å². The summed E-state index contributed by atoms with van der Waals surface area (Å²) in [5.74, 6) is -0.997. The van der Waals surface area contributed by atoms with Gasteiger partial charge >= 0.3 is 11.9 Å². The van der Waals surface area contributed by atoms with Gasteiger partial charge in [-0.15, -0.1) is 0 Å². The van der Waals surface area contributed by atoms with Crippen molar-refractivity contribution in [2.24, 2.45) is 5.92 Å². The first-order valence-electron chi connectivity index (χ1n) is 5.66. The Morgan fingerprint density at radius 3 is 2.29 bits per heavy atom. The zero-order valence-electron chi connectivity index (χ0n) is 10.7. The molecule has 0 spiro atoms. The van der Waals surface area contributed by atoms with Crippen LogP contribution in [0, 0.1) is 17.2 Å². The first kappa shape index (κ1) is 17.8. The van der Waals surface area contributed by atoms with Crippen molar-refractivity contribution >= 4 is 11.9 Å². The maximum atomic E-state index is 10.5. The van der Waals surface area contributed by atoms with Gasteiger partial charge in [-0.3, -0.25) is 9.59 Å². The lowest BCUT2D eigenvalue weighted by molar-refractivity contribution is -0.141. The molecule has 0 bridgehead atoms. The SMILES string of the molecule is CCCCC(=O)O.COC(=O)CCC(C)C#N. The molecule has 5 heteroatoms. The summed E-state index contributed by atoms with van der Waals surface area (Å²) in [5, 5.41) is 16.4. The summed E-state index contributed by atoms with van der Waals surface area (Å²) < 4.78 is 4.40. The van der Waals surface area contributed by atoms with E-state index in [4.69, 9.17) is 10.4 Å². The minimum absolute atomic E-state index is 0.0564. The highest BCUT2D eigenvalue weighted by Gasteiger charge is 2.04. The fraction of sp³-hybridized carbons (Fsp3) is 0.750. The molecule has 0 heterocycles. The second-order valence-corrected chi connectivity index (χ2v) is 3.64. The number of hydrogen-bond acceptors (Lipinski definition) is 4.